The molecule has 2 aromatic rings. The maximum Gasteiger partial charge on any atom is 0.126 e. The largest absolute Gasteiger partial charge is 0.491 e. The summed E-state index contributed by atoms with van der Waals surface area (Å²) in [5.74, 6) is 0.480. The van der Waals surface area contributed by atoms with Gasteiger partial charge in [-0.3, -0.25) is 4.98 Å². The van der Waals surface area contributed by atoms with Crippen LogP contribution in [0.5, 0.6) is 5.75 Å². The average Bonchev–Trinajstić information content (AvgIpc) is 2.28. The number of pyridine rings is 1. The molecule has 0 aliphatic heterocycles. The maximum atomic E-state index is 13.1. The standard InChI is InChI=1S/C14H14FNO/c1-10(2)17-13-5-3-4-11(8-13)14-9-12(15)6-7-16-14/h3-10H,1-2H3. The van der Waals surface area contributed by atoms with Crippen LogP contribution in [0.1, 0.15) is 13.8 Å². The molecule has 1 aromatic carbocycles. The van der Waals surface area contributed by atoms with Crippen LogP contribution in [0.4, 0.5) is 4.39 Å². The van der Waals surface area contributed by atoms with E-state index < -0.39 is 0 Å². The van der Waals surface area contributed by atoms with Crippen molar-refractivity contribution in [1.29, 1.82) is 0 Å². The number of rotatable bonds is 3. The molecule has 0 saturated carbocycles. The van der Waals surface area contributed by atoms with Gasteiger partial charge in [0.25, 0.3) is 0 Å². The SMILES string of the molecule is CC(C)Oc1cccc(-c2cc(F)ccn2)c1. The lowest BCUT2D eigenvalue weighted by Crippen LogP contribution is -2.05. The van der Waals surface area contributed by atoms with Crippen LogP contribution >= 0.6 is 0 Å². The molecule has 0 aliphatic carbocycles. The molecule has 0 atom stereocenters. The van der Waals surface area contributed by atoms with Crippen molar-refractivity contribution in [3.8, 4) is 17.0 Å². The van der Waals surface area contributed by atoms with E-state index in [0.717, 1.165) is 11.3 Å². The van der Waals surface area contributed by atoms with Crippen LogP contribution in [-0.4, -0.2) is 11.1 Å². The second-order valence-electron chi connectivity index (χ2n) is 4.05. The highest BCUT2D eigenvalue weighted by atomic mass is 19.1. The van der Waals surface area contributed by atoms with Crippen molar-refractivity contribution < 1.29 is 9.13 Å². The molecule has 0 aliphatic rings. The second kappa shape index (κ2) is 4.95. The maximum absolute atomic E-state index is 13.1. The van der Waals surface area contributed by atoms with E-state index in [-0.39, 0.29) is 11.9 Å². The van der Waals surface area contributed by atoms with E-state index in [0.29, 0.717) is 5.69 Å². The van der Waals surface area contributed by atoms with Crippen molar-refractivity contribution in [3.63, 3.8) is 0 Å². The smallest absolute Gasteiger partial charge is 0.126 e. The molecule has 0 fully saturated rings. The molecule has 0 radical (unpaired) electrons. The Morgan fingerprint density at radius 1 is 1.18 bits per heavy atom. The summed E-state index contributed by atoms with van der Waals surface area (Å²) >= 11 is 0. The summed E-state index contributed by atoms with van der Waals surface area (Å²) in [6.45, 7) is 3.93. The van der Waals surface area contributed by atoms with E-state index in [2.05, 4.69) is 4.98 Å². The lowest BCUT2D eigenvalue weighted by atomic mass is 10.1. The average molecular weight is 231 g/mol. The van der Waals surface area contributed by atoms with Crippen molar-refractivity contribution in [2.75, 3.05) is 0 Å². The molecular weight excluding hydrogens is 217 g/mol. The Kier molecular flexibility index (Phi) is 3.38. The number of hydrogen-bond acceptors (Lipinski definition) is 2. The van der Waals surface area contributed by atoms with Gasteiger partial charge >= 0.3 is 0 Å². The Morgan fingerprint density at radius 2 is 2.00 bits per heavy atom. The van der Waals surface area contributed by atoms with Crippen LogP contribution in [0.2, 0.25) is 0 Å². The van der Waals surface area contributed by atoms with E-state index in [1.807, 2.05) is 38.1 Å². The van der Waals surface area contributed by atoms with Crippen molar-refractivity contribution in [1.82, 2.24) is 4.98 Å². The molecular formula is C14H14FNO. The Balaban J connectivity index is 2.33. The highest BCUT2D eigenvalue weighted by Crippen LogP contribution is 2.23. The molecule has 0 amide bonds. The van der Waals surface area contributed by atoms with Crippen molar-refractivity contribution in [2.24, 2.45) is 0 Å². The fourth-order valence-electron chi connectivity index (χ4n) is 1.56. The van der Waals surface area contributed by atoms with Gasteiger partial charge in [-0.25, -0.2) is 4.39 Å². The Morgan fingerprint density at radius 3 is 2.71 bits per heavy atom. The van der Waals surface area contributed by atoms with E-state index >= 15 is 0 Å². The monoisotopic (exact) mass is 231 g/mol. The molecule has 0 saturated heterocycles. The van der Waals surface area contributed by atoms with E-state index in [1.54, 1.807) is 0 Å². The van der Waals surface area contributed by atoms with Gasteiger partial charge in [-0.1, -0.05) is 12.1 Å². The third-order valence-corrected chi connectivity index (χ3v) is 2.22. The minimum atomic E-state index is -0.287. The lowest BCUT2D eigenvalue weighted by Gasteiger charge is -2.10. The zero-order chi connectivity index (χ0) is 12.3. The van der Waals surface area contributed by atoms with Gasteiger partial charge in [0.2, 0.25) is 0 Å². The first-order valence-electron chi connectivity index (χ1n) is 5.54. The number of aromatic nitrogens is 1. The molecule has 0 unspecified atom stereocenters. The zero-order valence-electron chi connectivity index (χ0n) is 9.85. The van der Waals surface area contributed by atoms with Gasteiger partial charge in [0.05, 0.1) is 11.8 Å². The molecule has 88 valence electrons. The van der Waals surface area contributed by atoms with E-state index in [4.69, 9.17) is 4.74 Å². The Hall–Kier alpha value is -1.90. The van der Waals surface area contributed by atoms with Gasteiger partial charge in [-0.15, -0.1) is 0 Å². The summed E-state index contributed by atoms with van der Waals surface area (Å²) in [5.41, 5.74) is 1.46. The molecule has 1 aromatic heterocycles. The molecule has 17 heavy (non-hydrogen) atoms. The molecule has 2 nitrogen and oxygen atoms in total. The molecule has 0 bridgehead atoms. The number of nitrogens with zero attached hydrogens (tertiary/aromatic N) is 1. The summed E-state index contributed by atoms with van der Waals surface area (Å²) in [6, 6.07) is 10.2. The number of hydrogen-bond donors (Lipinski definition) is 0. The topological polar surface area (TPSA) is 22.1 Å². The highest BCUT2D eigenvalue weighted by Gasteiger charge is 2.03. The second-order valence-corrected chi connectivity index (χ2v) is 4.05. The molecule has 1 heterocycles. The van der Waals surface area contributed by atoms with Crippen LogP contribution in [-0.2, 0) is 0 Å². The van der Waals surface area contributed by atoms with Crippen LogP contribution in [0, 0.1) is 5.82 Å². The zero-order valence-corrected chi connectivity index (χ0v) is 9.85. The first kappa shape index (κ1) is 11.6. The van der Waals surface area contributed by atoms with E-state index in [1.165, 1.54) is 18.3 Å². The quantitative estimate of drug-likeness (QED) is 0.804. The fourth-order valence-corrected chi connectivity index (χ4v) is 1.56. The lowest BCUT2D eigenvalue weighted by molar-refractivity contribution is 0.242. The Labute approximate surface area is 100 Å². The molecule has 0 spiro atoms. The van der Waals surface area contributed by atoms with Gasteiger partial charge in [0, 0.05) is 17.8 Å². The van der Waals surface area contributed by atoms with Gasteiger partial charge in [-0.2, -0.15) is 0 Å². The number of benzene rings is 1. The first-order chi connectivity index (χ1) is 8.15. The first-order valence-corrected chi connectivity index (χ1v) is 5.54. The number of halogens is 1. The van der Waals surface area contributed by atoms with Gasteiger partial charge in [-0.05, 0) is 32.0 Å². The summed E-state index contributed by atoms with van der Waals surface area (Å²) < 4.78 is 18.7. The highest BCUT2D eigenvalue weighted by molar-refractivity contribution is 5.60. The van der Waals surface area contributed by atoms with Crippen LogP contribution in [0.25, 0.3) is 11.3 Å². The molecule has 2 rings (SSSR count). The van der Waals surface area contributed by atoms with E-state index in [9.17, 15) is 4.39 Å². The summed E-state index contributed by atoms with van der Waals surface area (Å²) in [7, 11) is 0. The van der Waals surface area contributed by atoms with Crippen LogP contribution in [0.3, 0.4) is 0 Å². The summed E-state index contributed by atoms with van der Waals surface area (Å²) in [5, 5.41) is 0. The van der Waals surface area contributed by atoms with Gasteiger partial charge in [0.15, 0.2) is 0 Å². The molecule has 3 heteroatoms. The Bertz CT molecular complexity index is 511. The van der Waals surface area contributed by atoms with Crippen molar-refractivity contribution in [3.05, 3.63) is 48.4 Å². The predicted molar refractivity (Wildman–Crippen MR) is 65.4 cm³/mol. The van der Waals surface area contributed by atoms with Crippen molar-refractivity contribution in [2.45, 2.75) is 20.0 Å². The third kappa shape index (κ3) is 3.03. The number of ether oxygens (including phenoxy) is 1. The minimum absolute atomic E-state index is 0.116. The van der Waals surface area contributed by atoms with Gasteiger partial charge < -0.3 is 4.74 Å². The minimum Gasteiger partial charge on any atom is -0.491 e. The summed E-state index contributed by atoms with van der Waals surface area (Å²) in [6.07, 6.45) is 1.58. The van der Waals surface area contributed by atoms with Crippen molar-refractivity contribution >= 4 is 0 Å². The van der Waals surface area contributed by atoms with Crippen LogP contribution in [0.15, 0.2) is 42.6 Å². The van der Waals surface area contributed by atoms with Gasteiger partial charge in [0.1, 0.15) is 11.6 Å². The summed E-state index contributed by atoms with van der Waals surface area (Å²) in [4.78, 5) is 4.13. The third-order valence-electron chi connectivity index (χ3n) is 2.22. The predicted octanol–water partition coefficient (Wildman–Crippen LogP) is 3.67. The fraction of sp³-hybridized carbons (Fsp3) is 0.214. The molecule has 0 N–H and O–H groups in total. The normalized spacial score (nSPS) is 10.6. The van der Waals surface area contributed by atoms with Crippen LogP contribution < -0.4 is 4.74 Å².